The number of aryl methyl sites for hydroxylation is 1. The first-order chi connectivity index (χ1) is 19.0. The van der Waals surface area contributed by atoms with Crippen LogP contribution in [-0.2, 0) is 29.8 Å². The van der Waals surface area contributed by atoms with Crippen LogP contribution in [0.4, 0.5) is 0 Å². The molecule has 6 nitrogen and oxygen atoms in total. The summed E-state index contributed by atoms with van der Waals surface area (Å²) in [4.78, 5) is 32.2. The number of aromatic nitrogens is 1. The highest BCUT2D eigenvalue weighted by molar-refractivity contribution is 7.19. The highest BCUT2D eigenvalue weighted by atomic mass is 32.1. The number of ether oxygens (including phenoxy) is 1. The van der Waals surface area contributed by atoms with Crippen molar-refractivity contribution in [3.8, 4) is 5.75 Å². The lowest BCUT2D eigenvalue weighted by atomic mass is 9.83. The summed E-state index contributed by atoms with van der Waals surface area (Å²) < 4.78 is 8.54. The summed E-state index contributed by atoms with van der Waals surface area (Å²) in [7, 11) is 1.64. The number of nitrogens with zero attached hydrogens (tertiary/aromatic N) is 2. The Kier molecular flexibility index (Phi) is 6.94. The van der Waals surface area contributed by atoms with E-state index in [2.05, 4.69) is 22.9 Å². The summed E-state index contributed by atoms with van der Waals surface area (Å²) in [6, 6.07) is 21.9. The van der Waals surface area contributed by atoms with Crippen LogP contribution in [0.15, 0.2) is 66.7 Å². The Morgan fingerprint density at radius 1 is 1.05 bits per heavy atom. The summed E-state index contributed by atoms with van der Waals surface area (Å²) in [5.41, 5.74) is 2.27. The Morgan fingerprint density at radius 3 is 2.49 bits per heavy atom. The predicted octanol–water partition coefficient (Wildman–Crippen LogP) is 6.27. The summed E-state index contributed by atoms with van der Waals surface area (Å²) in [6.45, 7) is 2.83. The van der Waals surface area contributed by atoms with Gasteiger partial charge in [-0.25, -0.2) is 0 Å². The molecule has 0 radical (unpaired) electrons. The molecule has 2 amide bonds. The van der Waals surface area contributed by atoms with Crippen molar-refractivity contribution in [3.05, 3.63) is 88.4 Å². The molecule has 0 bridgehead atoms. The molecule has 2 aliphatic rings. The Morgan fingerprint density at radius 2 is 1.79 bits per heavy atom. The van der Waals surface area contributed by atoms with Crippen molar-refractivity contribution >= 4 is 33.4 Å². The fourth-order valence-electron chi connectivity index (χ4n) is 6.20. The van der Waals surface area contributed by atoms with E-state index in [1.807, 2.05) is 65.6 Å². The van der Waals surface area contributed by atoms with Gasteiger partial charge in [-0.2, -0.15) is 0 Å². The monoisotopic (exact) mass is 541 g/mol. The second-order valence-corrected chi connectivity index (χ2v) is 11.9. The lowest BCUT2D eigenvalue weighted by molar-refractivity contribution is -0.136. The van der Waals surface area contributed by atoms with Gasteiger partial charge in [0.25, 0.3) is 11.8 Å². The van der Waals surface area contributed by atoms with Crippen molar-refractivity contribution in [2.75, 3.05) is 7.11 Å². The van der Waals surface area contributed by atoms with Gasteiger partial charge in [0.2, 0.25) is 0 Å². The first-order valence-electron chi connectivity index (χ1n) is 14.0. The van der Waals surface area contributed by atoms with Crippen LogP contribution < -0.4 is 10.1 Å². The SMILES string of the molecule is CCc1cc2c(cc3n2C[C@@](C(=O)NC2CCCCC2)(c2ccccc2)N(Cc2ccc(OC)cc2)C3=O)s1. The van der Waals surface area contributed by atoms with Crippen molar-refractivity contribution in [2.24, 2.45) is 0 Å². The molecule has 7 heteroatoms. The molecule has 2 aromatic carbocycles. The summed E-state index contributed by atoms with van der Waals surface area (Å²) in [6.07, 6.45) is 6.35. The molecule has 1 N–H and O–H groups in total. The lowest BCUT2D eigenvalue weighted by Gasteiger charge is -2.47. The van der Waals surface area contributed by atoms with Crippen LogP contribution in [0.3, 0.4) is 0 Å². The van der Waals surface area contributed by atoms with Crippen LogP contribution in [-0.4, -0.2) is 34.4 Å². The van der Waals surface area contributed by atoms with Crippen LogP contribution in [0.2, 0.25) is 0 Å². The Labute approximate surface area is 233 Å². The van der Waals surface area contributed by atoms with Crippen LogP contribution in [0, 0.1) is 0 Å². The van der Waals surface area contributed by atoms with Gasteiger partial charge >= 0.3 is 0 Å². The molecule has 0 saturated heterocycles. The normalized spacial score (nSPS) is 19.7. The van der Waals surface area contributed by atoms with Gasteiger partial charge < -0.3 is 19.5 Å². The van der Waals surface area contributed by atoms with Gasteiger partial charge in [-0.3, -0.25) is 9.59 Å². The smallest absolute Gasteiger partial charge is 0.272 e. The van der Waals surface area contributed by atoms with Crippen molar-refractivity contribution in [2.45, 2.75) is 70.1 Å². The van der Waals surface area contributed by atoms with Gasteiger partial charge in [0.1, 0.15) is 11.4 Å². The molecule has 0 unspecified atom stereocenters. The van der Waals surface area contributed by atoms with Crippen molar-refractivity contribution < 1.29 is 14.3 Å². The Hall–Kier alpha value is -3.58. The maximum Gasteiger partial charge on any atom is 0.272 e. The third kappa shape index (κ3) is 4.52. The molecular formula is C32H35N3O3S. The molecule has 1 aliphatic heterocycles. The third-order valence-electron chi connectivity index (χ3n) is 8.37. The quantitative estimate of drug-likeness (QED) is 0.300. The van der Waals surface area contributed by atoms with Crippen LogP contribution in [0.1, 0.15) is 65.5 Å². The Balaban J connectivity index is 1.51. The number of thiophene rings is 1. The van der Waals surface area contributed by atoms with E-state index >= 15 is 0 Å². The van der Waals surface area contributed by atoms with E-state index in [-0.39, 0.29) is 17.9 Å². The maximum absolute atomic E-state index is 14.6. The van der Waals surface area contributed by atoms with E-state index in [1.165, 1.54) is 11.3 Å². The Bertz CT molecular complexity index is 1480. The number of hydrogen-bond donors (Lipinski definition) is 1. The number of methoxy groups -OCH3 is 1. The minimum atomic E-state index is -1.19. The fraction of sp³-hybridized carbons (Fsp3) is 0.375. The molecule has 1 saturated carbocycles. The maximum atomic E-state index is 14.6. The summed E-state index contributed by atoms with van der Waals surface area (Å²) in [5.74, 6) is 0.538. The molecule has 6 rings (SSSR count). The minimum absolute atomic E-state index is 0.0964. The average Bonchev–Trinajstić information content (AvgIpc) is 3.54. The van der Waals surface area contributed by atoms with Gasteiger partial charge in [0.15, 0.2) is 5.54 Å². The predicted molar refractivity (Wildman–Crippen MR) is 155 cm³/mol. The van der Waals surface area contributed by atoms with E-state index in [0.717, 1.165) is 59.2 Å². The number of fused-ring (bicyclic) bond motifs is 3. The standard InChI is InChI=1S/C32H35N3O3S/c1-3-26-18-27-29(39-26)19-28-30(36)35(20-22-14-16-25(38-2)17-15-22)32(21-34(27)28,23-10-6-4-7-11-23)31(37)33-24-12-8-5-9-13-24/h4,6-7,10-11,14-19,24H,3,5,8-9,12-13,20-21H2,1-2H3,(H,33,37)/t32-/m0/s1. The molecule has 4 aromatic rings. The number of carbonyl (C=O) groups excluding carboxylic acids is 2. The topological polar surface area (TPSA) is 63.6 Å². The molecule has 1 aliphatic carbocycles. The average molecular weight is 542 g/mol. The lowest BCUT2D eigenvalue weighted by Crippen LogP contribution is -2.64. The van der Waals surface area contributed by atoms with Gasteiger partial charge in [-0.1, -0.05) is 68.7 Å². The first kappa shape index (κ1) is 25.7. The number of rotatable bonds is 7. The summed E-state index contributed by atoms with van der Waals surface area (Å²) in [5, 5.41) is 3.41. The van der Waals surface area contributed by atoms with Crippen molar-refractivity contribution in [1.82, 2.24) is 14.8 Å². The van der Waals surface area contributed by atoms with E-state index in [4.69, 9.17) is 4.74 Å². The molecule has 2 aromatic heterocycles. The largest absolute Gasteiger partial charge is 0.497 e. The second-order valence-electron chi connectivity index (χ2n) is 10.7. The number of carbonyl (C=O) groups is 2. The van der Waals surface area contributed by atoms with E-state index in [9.17, 15) is 9.59 Å². The molecule has 0 spiro atoms. The molecule has 39 heavy (non-hydrogen) atoms. The number of amides is 2. The van der Waals surface area contributed by atoms with Crippen LogP contribution in [0.25, 0.3) is 10.2 Å². The zero-order valence-corrected chi connectivity index (χ0v) is 23.4. The third-order valence-corrected chi connectivity index (χ3v) is 9.58. The second kappa shape index (κ2) is 10.5. The molecule has 1 fully saturated rings. The van der Waals surface area contributed by atoms with E-state index in [1.54, 1.807) is 18.4 Å². The number of hydrogen-bond acceptors (Lipinski definition) is 4. The highest BCUT2D eigenvalue weighted by Crippen LogP contribution is 2.42. The minimum Gasteiger partial charge on any atom is -0.497 e. The number of nitrogens with one attached hydrogen (secondary N) is 1. The summed E-state index contributed by atoms with van der Waals surface area (Å²) >= 11 is 1.73. The molecular weight excluding hydrogens is 506 g/mol. The zero-order chi connectivity index (χ0) is 27.0. The van der Waals surface area contributed by atoms with Gasteiger partial charge in [-0.05, 0) is 54.7 Å². The molecule has 3 heterocycles. The van der Waals surface area contributed by atoms with Crippen LogP contribution >= 0.6 is 11.3 Å². The van der Waals surface area contributed by atoms with Gasteiger partial charge in [-0.15, -0.1) is 11.3 Å². The number of benzene rings is 2. The van der Waals surface area contributed by atoms with Gasteiger partial charge in [0, 0.05) is 17.5 Å². The van der Waals surface area contributed by atoms with Crippen molar-refractivity contribution in [3.63, 3.8) is 0 Å². The zero-order valence-electron chi connectivity index (χ0n) is 22.6. The molecule has 202 valence electrons. The molecule has 1 atom stereocenters. The van der Waals surface area contributed by atoms with Crippen LogP contribution in [0.5, 0.6) is 5.75 Å². The first-order valence-corrected chi connectivity index (χ1v) is 14.8. The van der Waals surface area contributed by atoms with E-state index in [0.29, 0.717) is 18.8 Å². The fourth-order valence-corrected chi connectivity index (χ4v) is 7.24. The van der Waals surface area contributed by atoms with E-state index < -0.39 is 5.54 Å². The highest BCUT2D eigenvalue weighted by Gasteiger charge is 2.53. The van der Waals surface area contributed by atoms with Gasteiger partial charge in [0.05, 0.1) is 23.9 Å². The van der Waals surface area contributed by atoms with Crippen molar-refractivity contribution in [1.29, 1.82) is 0 Å².